The number of ether oxygens (including phenoxy) is 1. The zero-order valence-corrected chi connectivity index (χ0v) is 18.2. The van der Waals surface area contributed by atoms with Crippen LogP contribution in [-0.4, -0.2) is 31.3 Å². The highest BCUT2D eigenvalue weighted by molar-refractivity contribution is 5.67. The van der Waals surface area contributed by atoms with Gasteiger partial charge in [0.05, 0.1) is 0 Å². The Labute approximate surface area is 178 Å². The van der Waals surface area contributed by atoms with Crippen molar-refractivity contribution in [2.24, 2.45) is 0 Å². The molecule has 164 valence electrons. The Kier molecular flexibility index (Phi) is 8.78. The van der Waals surface area contributed by atoms with Crippen molar-refractivity contribution < 1.29 is 18.3 Å². The number of hydrogen-bond donors (Lipinski definition) is 2. The van der Waals surface area contributed by atoms with Gasteiger partial charge in [-0.15, -0.1) is 0 Å². The van der Waals surface area contributed by atoms with Gasteiger partial charge in [-0.1, -0.05) is 18.2 Å². The summed E-state index contributed by atoms with van der Waals surface area (Å²) < 4.78 is 32.3. The second kappa shape index (κ2) is 11.1. The van der Waals surface area contributed by atoms with Crippen molar-refractivity contribution in [3.63, 3.8) is 0 Å². The number of carbonyl (C=O) groups is 1. The molecule has 4 nitrogen and oxygen atoms in total. The fourth-order valence-corrected chi connectivity index (χ4v) is 3.26. The van der Waals surface area contributed by atoms with E-state index in [-0.39, 0.29) is 17.7 Å². The number of nitrogens with one attached hydrogen (secondary N) is 2. The second-order valence-corrected chi connectivity index (χ2v) is 8.47. The van der Waals surface area contributed by atoms with Crippen molar-refractivity contribution in [2.75, 3.05) is 13.6 Å². The van der Waals surface area contributed by atoms with Crippen molar-refractivity contribution >= 4 is 6.09 Å². The summed E-state index contributed by atoms with van der Waals surface area (Å²) in [6, 6.07) is 11.4. The second-order valence-electron chi connectivity index (χ2n) is 8.47. The van der Waals surface area contributed by atoms with Crippen molar-refractivity contribution in [2.45, 2.75) is 58.1 Å². The van der Waals surface area contributed by atoms with Gasteiger partial charge in [-0.25, -0.2) is 13.6 Å². The monoisotopic (exact) mass is 418 g/mol. The molecule has 6 heteroatoms. The average Bonchev–Trinajstić information content (AvgIpc) is 2.66. The van der Waals surface area contributed by atoms with Gasteiger partial charge < -0.3 is 15.4 Å². The number of hydrogen-bond acceptors (Lipinski definition) is 3. The Balaban J connectivity index is 1.94. The molecule has 2 aromatic carbocycles. The quantitative estimate of drug-likeness (QED) is 0.576. The molecule has 0 saturated carbocycles. The Morgan fingerprint density at radius 3 is 2.30 bits per heavy atom. The van der Waals surface area contributed by atoms with Crippen LogP contribution in [0.4, 0.5) is 13.6 Å². The minimum Gasteiger partial charge on any atom is -0.444 e. The summed E-state index contributed by atoms with van der Waals surface area (Å²) >= 11 is 0. The zero-order chi connectivity index (χ0) is 22.1. The summed E-state index contributed by atoms with van der Waals surface area (Å²) in [6.07, 6.45) is 2.38. The van der Waals surface area contributed by atoms with Gasteiger partial charge in [0.25, 0.3) is 0 Å². The summed E-state index contributed by atoms with van der Waals surface area (Å²) in [7, 11) is 1.87. The van der Waals surface area contributed by atoms with Crippen LogP contribution in [0.15, 0.2) is 42.5 Å². The first kappa shape index (κ1) is 23.8. The topological polar surface area (TPSA) is 50.4 Å². The highest BCUT2D eigenvalue weighted by Crippen LogP contribution is 2.17. The molecule has 0 saturated heterocycles. The number of alkyl carbamates (subject to hydrolysis) is 1. The summed E-state index contributed by atoms with van der Waals surface area (Å²) in [4.78, 5) is 11.7. The van der Waals surface area contributed by atoms with Gasteiger partial charge in [-0.3, -0.25) is 0 Å². The summed E-state index contributed by atoms with van der Waals surface area (Å²) in [5, 5.41) is 6.03. The highest BCUT2D eigenvalue weighted by atomic mass is 19.1. The van der Waals surface area contributed by atoms with E-state index >= 15 is 0 Å². The molecule has 2 aromatic rings. The Morgan fingerprint density at radius 2 is 1.67 bits per heavy atom. The third kappa shape index (κ3) is 8.49. The first-order valence-corrected chi connectivity index (χ1v) is 10.3. The molecular weight excluding hydrogens is 386 g/mol. The molecule has 1 unspecified atom stereocenters. The Hall–Kier alpha value is -2.47. The van der Waals surface area contributed by atoms with E-state index in [1.54, 1.807) is 18.2 Å². The number of carbonyl (C=O) groups excluding carboxylic acids is 1. The van der Waals surface area contributed by atoms with E-state index < -0.39 is 11.7 Å². The standard InChI is InChI=1S/C24H32F2N2O2/c1-24(2,3)30-23(29)28-13-5-6-18-9-12-21(26)15-19(18)16-22(27-4)14-17-7-10-20(25)11-8-17/h7-12,15,22,27H,5-6,13-14,16H2,1-4H3,(H,28,29). The number of rotatable bonds is 9. The van der Waals surface area contributed by atoms with E-state index in [2.05, 4.69) is 10.6 Å². The van der Waals surface area contributed by atoms with E-state index in [0.29, 0.717) is 19.4 Å². The lowest BCUT2D eigenvalue weighted by molar-refractivity contribution is 0.0527. The molecule has 0 radical (unpaired) electrons. The molecule has 2 N–H and O–H groups in total. The van der Waals surface area contributed by atoms with Crippen LogP contribution in [0.1, 0.15) is 43.9 Å². The van der Waals surface area contributed by atoms with Gasteiger partial charge in [0, 0.05) is 12.6 Å². The van der Waals surface area contributed by atoms with Crippen molar-refractivity contribution in [1.29, 1.82) is 0 Å². The molecule has 30 heavy (non-hydrogen) atoms. The van der Waals surface area contributed by atoms with Crippen molar-refractivity contribution in [1.82, 2.24) is 10.6 Å². The summed E-state index contributed by atoms with van der Waals surface area (Å²) in [6.45, 7) is 5.95. The van der Waals surface area contributed by atoms with E-state index in [4.69, 9.17) is 4.74 Å². The third-order valence-corrected chi connectivity index (χ3v) is 4.73. The van der Waals surface area contributed by atoms with E-state index in [0.717, 1.165) is 29.5 Å². The molecule has 1 amide bonds. The maximum absolute atomic E-state index is 13.9. The van der Waals surface area contributed by atoms with E-state index in [9.17, 15) is 13.6 Å². The smallest absolute Gasteiger partial charge is 0.407 e. The number of likely N-dealkylation sites (N-methyl/N-ethyl adjacent to an activating group) is 1. The van der Waals surface area contributed by atoms with Crippen LogP contribution in [0, 0.1) is 11.6 Å². The molecule has 1 atom stereocenters. The number of benzene rings is 2. The normalized spacial score (nSPS) is 12.5. The Bertz CT molecular complexity index is 817. The fourth-order valence-electron chi connectivity index (χ4n) is 3.26. The van der Waals surface area contributed by atoms with E-state index in [1.807, 2.05) is 33.9 Å². The van der Waals surface area contributed by atoms with Crippen LogP contribution < -0.4 is 10.6 Å². The van der Waals surface area contributed by atoms with Crippen molar-refractivity contribution in [3.8, 4) is 0 Å². The first-order valence-electron chi connectivity index (χ1n) is 10.3. The summed E-state index contributed by atoms with van der Waals surface area (Å²) in [5.74, 6) is -0.524. The van der Waals surface area contributed by atoms with Crippen LogP contribution in [0.25, 0.3) is 0 Å². The third-order valence-electron chi connectivity index (χ3n) is 4.73. The van der Waals surface area contributed by atoms with Gasteiger partial charge in [0.15, 0.2) is 0 Å². The van der Waals surface area contributed by atoms with Crippen LogP contribution in [0.2, 0.25) is 0 Å². The average molecular weight is 419 g/mol. The molecular formula is C24H32F2N2O2. The van der Waals surface area contributed by atoms with Crippen molar-refractivity contribution in [3.05, 3.63) is 70.8 Å². The van der Waals surface area contributed by atoms with Gasteiger partial charge in [-0.2, -0.15) is 0 Å². The molecule has 0 aliphatic rings. The molecule has 2 rings (SSSR count). The first-order chi connectivity index (χ1) is 14.2. The molecule has 0 aliphatic heterocycles. The Morgan fingerprint density at radius 1 is 1.00 bits per heavy atom. The lowest BCUT2D eigenvalue weighted by Gasteiger charge is -2.20. The van der Waals surface area contributed by atoms with Gasteiger partial charge >= 0.3 is 6.09 Å². The number of halogens is 2. The van der Waals surface area contributed by atoms with Gasteiger partial charge in [0.1, 0.15) is 17.2 Å². The maximum Gasteiger partial charge on any atom is 0.407 e. The highest BCUT2D eigenvalue weighted by Gasteiger charge is 2.16. The number of amides is 1. The molecule has 0 heterocycles. The van der Waals surface area contributed by atoms with E-state index in [1.165, 1.54) is 18.2 Å². The largest absolute Gasteiger partial charge is 0.444 e. The van der Waals surface area contributed by atoms with Crippen LogP contribution in [0.5, 0.6) is 0 Å². The van der Waals surface area contributed by atoms with Crippen LogP contribution in [0.3, 0.4) is 0 Å². The maximum atomic E-state index is 13.9. The van der Waals surface area contributed by atoms with Crippen LogP contribution >= 0.6 is 0 Å². The lowest BCUT2D eigenvalue weighted by Crippen LogP contribution is -2.33. The molecule has 0 fully saturated rings. The molecule has 0 aliphatic carbocycles. The predicted molar refractivity (Wildman–Crippen MR) is 116 cm³/mol. The minimum atomic E-state index is -0.527. The predicted octanol–water partition coefficient (Wildman–Crippen LogP) is 4.80. The summed E-state index contributed by atoms with van der Waals surface area (Å²) in [5.41, 5.74) is 2.49. The zero-order valence-electron chi connectivity index (χ0n) is 18.2. The number of aryl methyl sites for hydroxylation is 1. The molecule has 0 spiro atoms. The van der Waals surface area contributed by atoms with Gasteiger partial charge in [0.2, 0.25) is 0 Å². The molecule has 0 aromatic heterocycles. The minimum absolute atomic E-state index is 0.0934. The van der Waals surface area contributed by atoms with Gasteiger partial charge in [-0.05, 0) is 94.5 Å². The lowest BCUT2D eigenvalue weighted by atomic mass is 9.94. The molecule has 0 bridgehead atoms. The van der Waals surface area contributed by atoms with Crippen LogP contribution in [-0.2, 0) is 24.0 Å². The fraction of sp³-hybridized carbons (Fsp3) is 0.458. The SMILES string of the molecule is CNC(Cc1ccc(F)cc1)Cc1cc(F)ccc1CCCNC(=O)OC(C)(C)C.